The lowest BCUT2D eigenvalue weighted by Gasteiger charge is -2.39. The summed E-state index contributed by atoms with van der Waals surface area (Å²) in [6, 6.07) is -0.104. The van der Waals surface area contributed by atoms with Gasteiger partial charge in [0, 0.05) is 5.54 Å². The van der Waals surface area contributed by atoms with Crippen LogP contribution in [0.4, 0.5) is 0 Å². The number of amides is 1. The molecule has 1 saturated heterocycles. The van der Waals surface area contributed by atoms with Crippen LogP contribution >= 0.6 is 0 Å². The van der Waals surface area contributed by atoms with Crippen molar-refractivity contribution in [2.75, 3.05) is 6.54 Å². The summed E-state index contributed by atoms with van der Waals surface area (Å²) in [5.41, 5.74) is 2.39. The third-order valence-corrected chi connectivity index (χ3v) is 3.34. The predicted molar refractivity (Wildman–Crippen MR) is 61.0 cm³/mol. The van der Waals surface area contributed by atoms with E-state index in [1.54, 1.807) is 0 Å². The van der Waals surface area contributed by atoms with E-state index in [4.69, 9.17) is 5.84 Å². The lowest BCUT2D eigenvalue weighted by Crippen LogP contribution is -2.56. The first-order valence-electron chi connectivity index (χ1n) is 5.67. The summed E-state index contributed by atoms with van der Waals surface area (Å²) in [4.78, 5) is 14.0. The molecule has 0 spiro atoms. The van der Waals surface area contributed by atoms with Gasteiger partial charge in [0.1, 0.15) is 0 Å². The van der Waals surface area contributed by atoms with Crippen LogP contribution in [0.3, 0.4) is 0 Å². The third-order valence-electron chi connectivity index (χ3n) is 3.34. The van der Waals surface area contributed by atoms with E-state index in [0.717, 1.165) is 19.4 Å². The molecule has 0 bridgehead atoms. The summed E-state index contributed by atoms with van der Waals surface area (Å²) in [6.45, 7) is 9.50. The van der Waals surface area contributed by atoms with E-state index in [1.807, 2.05) is 0 Å². The molecule has 3 N–H and O–H groups in total. The van der Waals surface area contributed by atoms with Gasteiger partial charge in [0.2, 0.25) is 0 Å². The Morgan fingerprint density at radius 1 is 1.47 bits per heavy atom. The number of rotatable bonds is 3. The molecule has 0 aliphatic carbocycles. The molecule has 1 fully saturated rings. The molecule has 88 valence electrons. The van der Waals surface area contributed by atoms with Crippen molar-refractivity contribution in [2.45, 2.75) is 52.1 Å². The number of hydrogen-bond acceptors (Lipinski definition) is 3. The van der Waals surface area contributed by atoms with E-state index < -0.39 is 0 Å². The fraction of sp³-hybridized carbons (Fsp3) is 0.909. The zero-order chi connectivity index (χ0) is 11.6. The maximum Gasteiger partial charge on any atom is 0.251 e. The van der Waals surface area contributed by atoms with Gasteiger partial charge in [-0.2, -0.15) is 0 Å². The van der Waals surface area contributed by atoms with Crippen LogP contribution < -0.4 is 11.3 Å². The van der Waals surface area contributed by atoms with Gasteiger partial charge < -0.3 is 0 Å². The summed E-state index contributed by atoms with van der Waals surface area (Å²) in [5, 5.41) is 0. The van der Waals surface area contributed by atoms with Gasteiger partial charge in [-0.25, -0.2) is 5.84 Å². The van der Waals surface area contributed by atoms with Crippen LogP contribution in [0.25, 0.3) is 0 Å². The van der Waals surface area contributed by atoms with E-state index >= 15 is 0 Å². The number of carbonyl (C=O) groups excluding carboxylic acids is 1. The monoisotopic (exact) mass is 213 g/mol. The molecule has 0 aromatic heterocycles. The van der Waals surface area contributed by atoms with E-state index in [9.17, 15) is 4.79 Å². The summed E-state index contributed by atoms with van der Waals surface area (Å²) in [7, 11) is 0. The Hall–Kier alpha value is -0.610. The highest BCUT2D eigenvalue weighted by atomic mass is 16.2. The van der Waals surface area contributed by atoms with Gasteiger partial charge >= 0.3 is 0 Å². The second kappa shape index (κ2) is 4.49. The molecule has 1 unspecified atom stereocenters. The zero-order valence-electron chi connectivity index (χ0n) is 10.2. The first-order valence-corrected chi connectivity index (χ1v) is 5.67. The molecule has 15 heavy (non-hydrogen) atoms. The average molecular weight is 213 g/mol. The number of nitrogens with zero attached hydrogens (tertiary/aromatic N) is 1. The van der Waals surface area contributed by atoms with Gasteiger partial charge in [-0.1, -0.05) is 13.8 Å². The topological polar surface area (TPSA) is 58.4 Å². The van der Waals surface area contributed by atoms with Crippen LogP contribution in [-0.4, -0.2) is 28.9 Å². The van der Waals surface area contributed by atoms with Crippen molar-refractivity contribution in [2.24, 2.45) is 11.8 Å². The van der Waals surface area contributed by atoms with Gasteiger partial charge in [0.05, 0.1) is 6.04 Å². The molecule has 0 radical (unpaired) electrons. The zero-order valence-corrected chi connectivity index (χ0v) is 10.2. The van der Waals surface area contributed by atoms with Crippen LogP contribution in [-0.2, 0) is 4.79 Å². The van der Waals surface area contributed by atoms with Crippen molar-refractivity contribution in [1.82, 2.24) is 10.3 Å². The standard InChI is InChI=1S/C11H23N3O/c1-8(2)9(10(15)13-12)14-7-5-6-11(14,3)4/h8-9H,5-7,12H2,1-4H3,(H,13,15). The summed E-state index contributed by atoms with van der Waals surface area (Å²) >= 11 is 0. The average Bonchev–Trinajstić information content (AvgIpc) is 2.46. The number of hydrazine groups is 1. The molecule has 1 amide bonds. The number of hydrogen-bond donors (Lipinski definition) is 2. The maximum atomic E-state index is 11.8. The van der Waals surface area contributed by atoms with Crippen LogP contribution in [0, 0.1) is 5.92 Å². The highest BCUT2D eigenvalue weighted by Crippen LogP contribution is 2.32. The van der Waals surface area contributed by atoms with E-state index in [0.29, 0.717) is 0 Å². The lowest BCUT2D eigenvalue weighted by atomic mass is 9.95. The Kier molecular flexibility index (Phi) is 3.73. The van der Waals surface area contributed by atoms with Crippen molar-refractivity contribution >= 4 is 5.91 Å². The normalized spacial score (nSPS) is 23.1. The second-order valence-corrected chi connectivity index (χ2v) is 5.31. The predicted octanol–water partition coefficient (Wildman–Crippen LogP) is 0.875. The molecule has 0 aromatic rings. The molecule has 4 nitrogen and oxygen atoms in total. The van der Waals surface area contributed by atoms with E-state index in [2.05, 4.69) is 38.0 Å². The molecule has 1 aliphatic rings. The molecule has 0 saturated carbocycles. The Morgan fingerprint density at radius 2 is 2.07 bits per heavy atom. The Bertz CT molecular complexity index is 238. The highest BCUT2D eigenvalue weighted by Gasteiger charge is 2.40. The number of nitrogens with two attached hydrogens (primary N) is 1. The first-order chi connectivity index (χ1) is 6.90. The fourth-order valence-electron chi connectivity index (χ4n) is 2.53. The van der Waals surface area contributed by atoms with Crippen LogP contribution in [0.2, 0.25) is 0 Å². The van der Waals surface area contributed by atoms with Gasteiger partial charge in [-0.05, 0) is 39.2 Å². The molecule has 1 aliphatic heterocycles. The van der Waals surface area contributed by atoms with Gasteiger partial charge in [0.15, 0.2) is 0 Å². The van der Waals surface area contributed by atoms with Crippen molar-refractivity contribution in [3.8, 4) is 0 Å². The molecule has 1 heterocycles. The van der Waals surface area contributed by atoms with Crippen molar-refractivity contribution < 1.29 is 4.79 Å². The summed E-state index contributed by atoms with van der Waals surface area (Å²) in [6.07, 6.45) is 2.31. The van der Waals surface area contributed by atoms with Gasteiger partial charge in [-0.15, -0.1) is 0 Å². The van der Waals surface area contributed by atoms with Crippen LogP contribution in [0.15, 0.2) is 0 Å². The Morgan fingerprint density at radius 3 is 2.40 bits per heavy atom. The maximum absolute atomic E-state index is 11.8. The smallest absolute Gasteiger partial charge is 0.251 e. The summed E-state index contributed by atoms with van der Waals surface area (Å²) < 4.78 is 0. The summed E-state index contributed by atoms with van der Waals surface area (Å²) in [5.74, 6) is 5.45. The molecule has 4 heteroatoms. The van der Waals surface area contributed by atoms with E-state index in [1.165, 1.54) is 0 Å². The quantitative estimate of drug-likeness (QED) is 0.415. The molecular formula is C11H23N3O. The van der Waals surface area contributed by atoms with E-state index in [-0.39, 0.29) is 23.4 Å². The molecule has 1 rings (SSSR count). The minimum atomic E-state index is -0.104. The van der Waals surface area contributed by atoms with Crippen LogP contribution in [0.5, 0.6) is 0 Å². The minimum absolute atomic E-state index is 0.0695. The van der Waals surface area contributed by atoms with Crippen LogP contribution in [0.1, 0.15) is 40.5 Å². The Balaban J connectivity index is 2.85. The molecule has 1 atom stereocenters. The number of nitrogens with one attached hydrogen (secondary N) is 1. The number of likely N-dealkylation sites (tertiary alicyclic amines) is 1. The highest BCUT2D eigenvalue weighted by molar-refractivity contribution is 5.81. The second-order valence-electron chi connectivity index (χ2n) is 5.31. The SMILES string of the molecule is CC(C)C(C(=O)NN)N1CCCC1(C)C. The molecule has 0 aromatic carbocycles. The number of carbonyl (C=O) groups is 1. The third kappa shape index (κ3) is 2.49. The minimum Gasteiger partial charge on any atom is -0.293 e. The van der Waals surface area contributed by atoms with Crippen molar-refractivity contribution in [3.63, 3.8) is 0 Å². The van der Waals surface area contributed by atoms with Crippen molar-refractivity contribution in [3.05, 3.63) is 0 Å². The van der Waals surface area contributed by atoms with Crippen molar-refractivity contribution in [1.29, 1.82) is 0 Å². The largest absolute Gasteiger partial charge is 0.293 e. The molecular weight excluding hydrogens is 190 g/mol. The Labute approximate surface area is 92.2 Å². The van der Waals surface area contributed by atoms with Gasteiger partial charge in [-0.3, -0.25) is 15.1 Å². The van der Waals surface area contributed by atoms with Gasteiger partial charge in [0.25, 0.3) is 5.91 Å². The first kappa shape index (κ1) is 12.5. The lowest BCUT2D eigenvalue weighted by molar-refractivity contribution is -0.129. The fourth-order valence-corrected chi connectivity index (χ4v) is 2.53.